The van der Waals surface area contributed by atoms with Crippen molar-refractivity contribution in [2.24, 2.45) is 0 Å². The molecule has 0 radical (unpaired) electrons. The molecule has 4 nitrogen and oxygen atoms in total. The van der Waals surface area contributed by atoms with E-state index in [2.05, 4.69) is 57.2 Å². The Morgan fingerprint density at radius 2 is 1.63 bits per heavy atom. The predicted octanol–water partition coefficient (Wildman–Crippen LogP) is 3.92. The molecule has 0 amide bonds. The van der Waals surface area contributed by atoms with Crippen molar-refractivity contribution in [3.8, 4) is 0 Å². The maximum atomic E-state index is 9.64. The Morgan fingerprint density at radius 1 is 0.900 bits per heavy atom. The average Bonchev–Trinajstić information content (AvgIpc) is 2.80. The molecule has 2 aromatic carbocycles. The molecule has 2 aliphatic heterocycles. The Kier molecular flexibility index (Phi) is 7.67. The molecule has 1 N–H and O–H groups in total. The Labute approximate surface area is 186 Å². The highest BCUT2D eigenvalue weighted by Gasteiger charge is 2.32. The third-order valence-corrected chi connectivity index (χ3v) is 7.05. The molecule has 2 fully saturated rings. The number of anilines is 1. The summed E-state index contributed by atoms with van der Waals surface area (Å²) >= 11 is 6.04. The van der Waals surface area contributed by atoms with Gasteiger partial charge in [0.1, 0.15) is 0 Å². The Bertz CT molecular complexity index is 762. The summed E-state index contributed by atoms with van der Waals surface area (Å²) in [6.07, 6.45) is 4.37. The molecule has 5 heteroatoms. The van der Waals surface area contributed by atoms with Gasteiger partial charge in [0.05, 0.1) is 0 Å². The van der Waals surface area contributed by atoms with Gasteiger partial charge < -0.3 is 10.0 Å². The van der Waals surface area contributed by atoms with E-state index >= 15 is 0 Å². The lowest BCUT2D eigenvalue weighted by Gasteiger charge is -2.47. The SMILES string of the molecule is OCC[C@H]1CN(C2CCN(c3ccc(Cl)cc3)CC2)CCN1CCc1ccccc1. The van der Waals surface area contributed by atoms with Crippen molar-refractivity contribution in [2.45, 2.75) is 37.8 Å². The van der Waals surface area contributed by atoms with Gasteiger partial charge >= 0.3 is 0 Å². The van der Waals surface area contributed by atoms with Crippen molar-refractivity contribution in [3.05, 3.63) is 65.2 Å². The molecule has 0 unspecified atom stereocenters. The van der Waals surface area contributed by atoms with E-state index in [4.69, 9.17) is 11.6 Å². The summed E-state index contributed by atoms with van der Waals surface area (Å²) in [4.78, 5) is 7.77. The first-order valence-electron chi connectivity index (χ1n) is 11.4. The Balaban J connectivity index is 1.29. The van der Waals surface area contributed by atoms with Crippen molar-refractivity contribution in [2.75, 3.05) is 50.8 Å². The predicted molar refractivity (Wildman–Crippen MR) is 125 cm³/mol. The van der Waals surface area contributed by atoms with Crippen LogP contribution in [0.15, 0.2) is 54.6 Å². The van der Waals surface area contributed by atoms with Crippen LogP contribution in [0.25, 0.3) is 0 Å². The topological polar surface area (TPSA) is 30.0 Å². The molecule has 162 valence electrons. The van der Waals surface area contributed by atoms with Crippen LogP contribution in [0.3, 0.4) is 0 Å². The van der Waals surface area contributed by atoms with Gasteiger partial charge in [-0.3, -0.25) is 9.80 Å². The Hall–Kier alpha value is -1.59. The van der Waals surface area contributed by atoms with Crippen molar-refractivity contribution in [1.82, 2.24) is 9.80 Å². The van der Waals surface area contributed by atoms with Crippen molar-refractivity contribution in [1.29, 1.82) is 0 Å². The van der Waals surface area contributed by atoms with Gasteiger partial charge in [0.2, 0.25) is 0 Å². The first kappa shape index (κ1) is 21.6. The number of halogens is 1. The van der Waals surface area contributed by atoms with Crippen LogP contribution in [0.4, 0.5) is 5.69 Å². The largest absolute Gasteiger partial charge is 0.396 e. The standard InChI is InChI=1S/C25H34ClN3O/c26-22-6-8-23(9-7-22)27-15-11-24(12-16-27)29-18-17-28(25(20-29)13-19-30)14-10-21-4-2-1-3-5-21/h1-9,24-25,30H,10-20H2/t25-/m0/s1. The summed E-state index contributed by atoms with van der Waals surface area (Å²) in [5.41, 5.74) is 2.68. The lowest BCUT2D eigenvalue weighted by atomic mass is 9.99. The normalized spacial score (nSPS) is 21.8. The second kappa shape index (κ2) is 10.6. The summed E-state index contributed by atoms with van der Waals surface area (Å²) in [6, 6.07) is 20.1. The second-order valence-corrected chi connectivity index (χ2v) is 9.06. The first-order valence-corrected chi connectivity index (χ1v) is 11.7. The fourth-order valence-electron chi connectivity index (χ4n) is 5.02. The lowest BCUT2D eigenvalue weighted by molar-refractivity contribution is 0.0305. The lowest BCUT2D eigenvalue weighted by Crippen LogP contribution is -2.58. The highest BCUT2D eigenvalue weighted by atomic mass is 35.5. The van der Waals surface area contributed by atoms with Crippen molar-refractivity contribution in [3.63, 3.8) is 0 Å². The van der Waals surface area contributed by atoms with E-state index in [1.54, 1.807) is 0 Å². The molecule has 30 heavy (non-hydrogen) atoms. The van der Waals surface area contributed by atoms with Gasteiger partial charge in [-0.2, -0.15) is 0 Å². The molecule has 1 atom stereocenters. The van der Waals surface area contributed by atoms with Crippen LogP contribution < -0.4 is 4.90 Å². The maximum absolute atomic E-state index is 9.64. The molecule has 0 aromatic heterocycles. The van der Waals surface area contributed by atoms with Crippen LogP contribution >= 0.6 is 11.6 Å². The summed E-state index contributed by atoms with van der Waals surface area (Å²) in [7, 11) is 0. The van der Waals surface area contributed by atoms with E-state index in [-0.39, 0.29) is 6.61 Å². The van der Waals surface area contributed by atoms with E-state index in [9.17, 15) is 5.11 Å². The number of rotatable bonds is 7. The molecule has 2 heterocycles. The van der Waals surface area contributed by atoms with E-state index in [1.807, 2.05) is 12.1 Å². The molecular weight excluding hydrogens is 394 g/mol. The summed E-state index contributed by atoms with van der Waals surface area (Å²) in [6.45, 7) is 6.89. The Morgan fingerprint density at radius 3 is 2.33 bits per heavy atom. The molecule has 2 saturated heterocycles. The fraction of sp³-hybridized carbons (Fsp3) is 0.520. The minimum absolute atomic E-state index is 0.273. The highest BCUT2D eigenvalue weighted by Crippen LogP contribution is 2.26. The number of aliphatic hydroxyl groups excluding tert-OH is 1. The van der Waals surface area contributed by atoms with Crippen LogP contribution in [0.2, 0.25) is 5.02 Å². The van der Waals surface area contributed by atoms with Crippen LogP contribution in [-0.4, -0.2) is 72.9 Å². The second-order valence-electron chi connectivity index (χ2n) is 8.63. The van der Waals surface area contributed by atoms with Crippen LogP contribution in [0.1, 0.15) is 24.8 Å². The molecule has 0 saturated carbocycles. The van der Waals surface area contributed by atoms with E-state index in [1.165, 1.54) is 24.1 Å². The third-order valence-electron chi connectivity index (χ3n) is 6.80. The van der Waals surface area contributed by atoms with Crippen molar-refractivity contribution < 1.29 is 5.11 Å². The molecular formula is C25H34ClN3O. The minimum atomic E-state index is 0.273. The average molecular weight is 428 g/mol. The third kappa shape index (κ3) is 5.55. The van der Waals surface area contributed by atoms with Gasteiger partial charge in [0, 0.05) is 68.7 Å². The van der Waals surface area contributed by atoms with Gasteiger partial charge in [-0.25, -0.2) is 0 Å². The zero-order chi connectivity index (χ0) is 20.8. The number of aliphatic hydroxyl groups is 1. The maximum Gasteiger partial charge on any atom is 0.0446 e. The zero-order valence-corrected chi connectivity index (χ0v) is 18.6. The van der Waals surface area contributed by atoms with Crippen LogP contribution in [-0.2, 0) is 6.42 Å². The highest BCUT2D eigenvalue weighted by molar-refractivity contribution is 6.30. The quantitative estimate of drug-likeness (QED) is 0.725. The summed E-state index contributed by atoms with van der Waals surface area (Å²) in [5, 5.41) is 10.4. The zero-order valence-electron chi connectivity index (χ0n) is 17.8. The van der Waals surface area contributed by atoms with Gasteiger partial charge in [0.25, 0.3) is 0 Å². The number of nitrogens with zero attached hydrogens (tertiary/aromatic N) is 3. The number of hydrogen-bond donors (Lipinski definition) is 1. The number of benzene rings is 2. The summed E-state index contributed by atoms with van der Waals surface area (Å²) in [5.74, 6) is 0. The number of hydrogen-bond acceptors (Lipinski definition) is 4. The molecule has 0 aliphatic carbocycles. The number of piperazine rings is 1. The first-order chi connectivity index (χ1) is 14.7. The molecule has 0 spiro atoms. The van der Waals surface area contributed by atoms with Crippen molar-refractivity contribution >= 4 is 17.3 Å². The summed E-state index contributed by atoms with van der Waals surface area (Å²) < 4.78 is 0. The molecule has 2 aromatic rings. The van der Waals surface area contributed by atoms with E-state index in [0.29, 0.717) is 12.1 Å². The smallest absolute Gasteiger partial charge is 0.0446 e. The van der Waals surface area contributed by atoms with Gasteiger partial charge in [0.15, 0.2) is 0 Å². The van der Waals surface area contributed by atoms with Crippen LogP contribution in [0, 0.1) is 0 Å². The van der Waals surface area contributed by atoms with Gasteiger partial charge in [-0.15, -0.1) is 0 Å². The minimum Gasteiger partial charge on any atom is -0.396 e. The number of piperidine rings is 1. The van der Waals surface area contributed by atoms with Gasteiger partial charge in [-0.05, 0) is 55.5 Å². The molecule has 2 aliphatic rings. The molecule has 0 bridgehead atoms. The van der Waals surface area contributed by atoms with E-state index < -0.39 is 0 Å². The monoisotopic (exact) mass is 427 g/mol. The van der Waals surface area contributed by atoms with Crippen LogP contribution in [0.5, 0.6) is 0 Å². The van der Waals surface area contributed by atoms with Gasteiger partial charge in [-0.1, -0.05) is 41.9 Å². The van der Waals surface area contributed by atoms with E-state index in [0.717, 1.165) is 57.1 Å². The fourth-order valence-corrected chi connectivity index (χ4v) is 5.15. The molecule has 4 rings (SSSR count).